The smallest absolute Gasteiger partial charge is 0.229 e. The molecule has 2 aromatic rings. The molecule has 1 saturated heterocycles. The second-order valence-corrected chi connectivity index (χ2v) is 7.88. The van der Waals surface area contributed by atoms with E-state index in [-0.39, 0.29) is 24.8 Å². The van der Waals surface area contributed by atoms with Crippen LogP contribution in [0.5, 0.6) is 17.2 Å². The van der Waals surface area contributed by atoms with E-state index < -0.39 is 5.92 Å². The van der Waals surface area contributed by atoms with Crippen molar-refractivity contribution in [2.75, 3.05) is 43.8 Å². The third-order valence-electron chi connectivity index (χ3n) is 4.75. The number of nitrogens with one attached hydrogen (secondary N) is 1. The second-order valence-electron chi connectivity index (χ2n) is 6.60. The molecule has 0 saturated carbocycles. The van der Waals surface area contributed by atoms with Crippen LogP contribution in [0.1, 0.15) is 13.3 Å². The normalized spacial score (nSPS) is 15.8. The van der Waals surface area contributed by atoms with E-state index in [4.69, 9.17) is 14.2 Å². The summed E-state index contributed by atoms with van der Waals surface area (Å²) in [5.74, 6) is 1.45. The molecule has 1 aliphatic heterocycles. The molecule has 1 aromatic carbocycles. The van der Waals surface area contributed by atoms with Gasteiger partial charge in [0.25, 0.3) is 0 Å². The largest absolute Gasteiger partial charge is 0.493 e. The van der Waals surface area contributed by atoms with Crippen LogP contribution in [0.2, 0.25) is 0 Å². The van der Waals surface area contributed by atoms with Gasteiger partial charge in [-0.1, -0.05) is 6.92 Å². The van der Waals surface area contributed by atoms with Crippen LogP contribution in [0.25, 0.3) is 0 Å². The van der Waals surface area contributed by atoms with Crippen molar-refractivity contribution in [2.45, 2.75) is 18.4 Å². The molecule has 0 spiro atoms. The summed E-state index contributed by atoms with van der Waals surface area (Å²) >= 11 is 1.63. The van der Waals surface area contributed by atoms with Gasteiger partial charge in [-0.15, -0.1) is 11.8 Å². The van der Waals surface area contributed by atoms with E-state index in [1.165, 1.54) is 21.3 Å². The highest BCUT2D eigenvalue weighted by Gasteiger charge is 2.36. The molecule has 0 bridgehead atoms. The molecule has 1 N–H and O–H groups in total. The maximum atomic E-state index is 12.7. The molecule has 2 amide bonds. The van der Waals surface area contributed by atoms with Crippen LogP contribution in [0.3, 0.4) is 0 Å². The number of carbonyl (C=O) groups excluding carboxylic acids is 2. The summed E-state index contributed by atoms with van der Waals surface area (Å²) in [7, 11) is 4.55. The predicted molar refractivity (Wildman–Crippen MR) is 116 cm³/mol. The van der Waals surface area contributed by atoms with Gasteiger partial charge in [0.1, 0.15) is 0 Å². The van der Waals surface area contributed by atoms with Gasteiger partial charge in [0, 0.05) is 25.1 Å². The minimum atomic E-state index is -0.471. The Morgan fingerprint density at radius 3 is 2.43 bits per heavy atom. The Balaban J connectivity index is 1.73. The number of rotatable bonds is 8. The monoisotopic (exact) mass is 431 g/mol. The fourth-order valence-corrected chi connectivity index (χ4v) is 3.87. The van der Waals surface area contributed by atoms with Crippen molar-refractivity contribution in [3.8, 4) is 17.2 Å². The lowest BCUT2D eigenvalue weighted by Crippen LogP contribution is -2.28. The Labute approximate surface area is 179 Å². The molecule has 1 fully saturated rings. The summed E-state index contributed by atoms with van der Waals surface area (Å²) in [6.07, 6.45) is 1.75. The molecule has 30 heavy (non-hydrogen) atoms. The number of anilines is 2. The van der Waals surface area contributed by atoms with Crippen molar-refractivity contribution in [1.29, 1.82) is 0 Å². The fraction of sp³-hybridized carbons (Fsp3) is 0.381. The number of pyridine rings is 1. The fourth-order valence-electron chi connectivity index (χ4n) is 3.29. The zero-order chi connectivity index (χ0) is 21.7. The maximum absolute atomic E-state index is 12.7. The Bertz CT molecular complexity index is 894. The van der Waals surface area contributed by atoms with Crippen LogP contribution in [-0.4, -0.2) is 50.4 Å². The molecule has 8 nitrogen and oxygen atoms in total. The lowest BCUT2D eigenvalue weighted by molar-refractivity contribution is -0.122. The first-order chi connectivity index (χ1) is 14.5. The van der Waals surface area contributed by atoms with Crippen LogP contribution in [-0.2, 0) is 9.59 Å². The van der Waals surface area contributed by atoms with E-state index in [9.17, 15) is 9.59 Å². The molecule has 2 heterocycles. The van der Waals surface area contributed by atoms with Crippen molar-refractivity contribution < 1.29 is 23.8 Å². The predicted octanol–water partition coefficient (Wildman–Crippen LogP) is 3.21. The molecule has 1 unspecified atom stereocenters. The molecule has 1 aliphatic rings. The van der Waals surface area contributed by atoms with Gasteiger partial charge in [-0.3, -0.25) is 9.59 Å². The van der Waals surface area contributed by atoms with Gasteiger partial charge in [0.05, 0.1) is 49.8 Å². The van der Waals surface area contributed by atoms with Gasteiger partial charge < -0.3 is 24.4 Å². The molecule has 160 valence electrons. The summed E-state index contributed by atoms with van der Waals surface area (Å²) in [6.45, 7) is 2.32. The number of methoxy groups -OCH3 is 3. The zero-order valence-corrected chi connectivity index (χ0v) is 18.2. The minimum Gasteiger partial charge on any atom is -0.493 e. The molecule has 1 aromatic heterocycles. The van der Waals surface area contributed by atoms with E-state index in [1.54, 1.807) is 35.0 Å². The highest BCUT2D eigenvalue weighted by molar-refractivity contribution is 7.99. The quantitative estimate of drug-likeness (QED) is 0.642. The van der Waals surface area contributed by atoms with Gasteiger partial charge >= 0.3 is 0 Å². The summed E-state index contributed by atoms with van der Waals surface area (Å²) < 4.78 is 16.1. The molecular weight excluding hydrogens is 406 g/mol. The van der Waals surface area contributed by atoms with Gasteiger partial charge in [0.15, 0.2) is 11.5 Å². The number of amides is 2. The zero-order valence-electron chi connectivity index (χ0n) is 17.4. The average Bonchev–Trinajstić information content (AvgIpc) is 3.16. The molecule has 0 aliphatic carbocycles. The van der Waals surface area contributed by atoms with Crippen molar-refractivity contribution >= 4 is 35.0 Å². The first kappa shape index (κ1) is 21.8. The topological polar surface area (TPSA) is 90.0 Å². The van der Waals surface area contributed by atoms with Crippen molar-refractivity contribution in [2.24, 2.45) is 5.92 Å². The maximum Gasteiger partial charge on any atom is 0.229 e. The van der Waals surface area contributed by atoms with Gasteiger partial charge in [-0.25, -0.2) is 4.98 Å². The van der Waals surface area contributed by atoms with Crippen LogP contribution >= 0.6 is 11.8 Å². The third-order valence-corrected chi connectivity index (χ3v) is 5.58. The summed E-state index contributed by atoms with van der Waals surface area (Å²) in [5, 5.41) is 3.75. The van der Waals surface area contributed by atoms with Crippen molar-refractivity contribution in [3.63, 3.8) is 0 Å². The minimum absolute atomic E-state index is 0.125. The Kier molecular flexibility index (Phi) is 7.04. The van der Waals surface area contributed by atoms with Crippen LogP contribution in [0, 0.1) is 5.92 Å². The second kappa shape index (κ2) is 9.71. The first-order valence-electron chi connectivity index (χ1n) is 9.50. The number of ether oxygens (including phenoxy) is 3. The lowest BCUT2D eigenvalue weighted by atomic mass is 10.1. The number of nitrogens with zero attached hydrogens (tertiary/aromatic N) is 2. The highest BCUT2D eigenvalue weighted by atomic mass is 32.2. The summed E-state index contributed by atoms with van der Waals surface area (Å²) in [6, 6.07) is 7.09. The Morgan fingerprint density at radius 1 is 1.20 bits per heavy atom. The number of hydrogen-bond acceptors (Lipinski definition) is 7. The summed E-state index contributed by atoms with van der Waals surface area (Å²) in [4.78, 5) is 31.2. The van der Waals surface area contributed by atoms with E-state index >= 15 is 0 Å². The molecule has 3 rings (SSSR count). The van der Waals surface area contributed by atoms with E-state index in [1.807, 2.05) is 12.1 Å². The molecular formula is C21H25N3O5S. The number of thioether (sulfide) groups is 1. The highest BCUT2D eigenvalue weighted by Crippen LogP contribution is 2.42. The first-order valence-corrected chi connectivity index (χ1v) is 10.5. The Hall–Kier alpha value is -2.94. The van der Waals surface area contributed by atoms with Crippen LogP contribution in [0.4, 0.5) is 11.4 Å². The van der Waals surface area contributed by atoms with Gasteiger partial charge in [0.2, 0.25) is 17.6 Å². The number of carbonyl (C=O) groups is 2. The van der Waals surface area contributed by atoms with E-state index in [2.05, 4.69) is 17.2 Å². The molecule has 9 heteroatoms. The SMILES string of the molecule is CCSc1ccc(NC(=O)C2CC(=O)N(c3cc(OC)c(OC)c(OC)c3)C2)cn1. The van der Waals surface area contributed by atoms with E-state index in [0.717, 1.165) is 10.8 Å². The standard InChI is InChI=1S/C21H25N3O5S/c1-5-30-18-7-6-14(11-22-18)23-21(26)13-8-19(25)24(12-13)15-9-16(27-2)20(29-4)17(10-15)28-3/h6-7,9-11,13H,5,8,12H2,1-4H3,(H,23,26). The van der Waals surface area contributed by atoms with Crippen LogP contribution < -0.4 is 24.4 Å². The molecule has 0 radical (unpaired) electrons. The van der Waals surface area contributed by atoms with Gasteiger partial charge in [-0.05, 0) is 17.9 Å². The molecule has 1 atom stereocenters. The third kappa shape index (κ3) is 4.62. The lowest BCUT2D eigenvalue weighted by Gasteiger charge is -2.20. The van der Waals surface area contributed by atoms with Crippen molar-refractivity contribution in [3.05, 3.63) is 30.5 Å². The Morgan fingerprint density at radius 2 is 1.90 bits per heavy atom. The number of hydrogen-bond donors (Lipinski definition) is 1. The van der Waals surface area contributed by atoms with Gasteiger partial charge in [-0.2, -0.15) is 0 Å². The van der Waals surface area contributed by atoms with Crippen LogP contribution in [0.15, 0.2) is 35.5 Å². The number of aromatic nitrogens is 1. The number of benzene rings is 1. The summed E-state index contributed by atoms with van der Waals surface area (Å²) in [5.41, 5.74) is 1.20. The van der Waals surface area contributed by atoms with Crippen molar-refractivity contribution in [1.82, 2.24) is 4.98 Å². The van der Waals surface area contributed by atoms with E-state index in [0.29, 0.717) is 28.6 Å². The average molecular weight is 432 g/mol.